The lowest BCUT2D eigenvalue weighted by atomic mass is 10.0. The van der Waals surface area contributed by atoms with E-state index in [1.54, 1.807) is 24.4 Å². The van der Waals surface area contributed by atoms with E-state index in [-0.39, 0.29) is 11.7 Å². The van der Waals surface area contributed by atoms with E-state index in [9.17, 15) is 9.18 Å². The Labute approximate surface area is 175 Å². The van der Waals surface area contributed by atoms with Gasteiger partial charge in [-0.1, -0.05) is 24.3 Å². The van der Waals surface area contributed by atoms with E-state index in [2.05, 4.69) is 15.2 Å². The zero-order chi connectivity index (χ0) is 20.9. The van der Waals surface area contributed by atoms with Crippen LogP contribution in [0.25, 0.3) is 0 Å². The highest BCUT2D eigenvalue weighted by Crippen LogP contribution is 2.22. The summed E-state index contributed by atoms with van der Waals surface area (Å²) >= 11 is 0. The van der Waals surface area contributed by atoms with Crippen LogP contribution in [0, 0.1) is 5.82 Å². The zero-order valence-corrected chi connectivity index (χ0v) is 16.9. The second kappa shape index (κ2) is 9.19. The van der Waals surface area contributed by atoms with E-state index in [4.69, 9.17) is 4.74 Å². The molecule has 2 heterocycles. The van der Waals surface area contributed by atoms with E-state index in [1.807, 2.05) is 36.0 Å². The van der Waals surface area contributed by atoms with Crippen LogP contribution in [0.5, 0.6) is 0 Å². The van der Waals surface area contributed by atoms with Gasteiger partial charge in [0.25, 0.3) is 5.91 Å². The first-order chi connectivity index (χ1) is 14.6. The normalized spacial score (nSPS) is 15.7. The second-order valence-corrected chi connectivity index (χ2v) is 7.44. The van der Waals surface area contributed by atoms with Crippen molar-refractivity contribution in [3.05, 3.63) is 89.3 Å². The number of amides is 1. The van der Waals surface area contributed by atoms with E-state index in [0.717, 1.165) is 44.0 Å². The number of halogens is 1. The average molecular weight is 408 g/mol. The molecule has 6 nitrogen and oxygen atoms in total. The number of nitrogens with zero attached hydrogens (tertiary/aromatic N) is 3. The second-order valence-electron chi connectivity index (χ2n) is 7.44. The molecule has 1 saturated heterocycles. The van der Waals surface area contributed by atoms with Gasteiger partial charge in [0.2, 0.25) is 0 Å². The molecular formula is C23H25FN4O2. The Kier molecular flexibility index (Phi) is 6.21. The number of morpholine rings is 1. The number of hydrogen-bond donors (Lipinski definition) is 1. The first-order valence-corrected chi connectivity index (χ1v) is 10.0. The third-order valence-corrected chi connectivity index (χ3v) is 5.29. The number of benzene rings is 2. The molecule has 0 saturated carbocycles. The third-order valence-electron chi connectivity index (χ3n) is 5.29. The van der Waals surface area contributed by atoms with E-state index in [1.165, 1.54) is 12.1 Å². The minimum absolute atomic E-state index is 0.198. The standard InChI is InChI=1S/C23H25FN4O2/c1-27-10-9-25-22(27)21(18-5-7-20(24)8-6-18)26-23(29)19-4-2-3-17(15-19)16-28-11-13-30-14-12-28/h2-10,15,21H,11-14,16H2,1H3,(H,26,29). The lowest BCUT2D eigenvalue weighted by molar-refractivity contribution is 0.0342. The van der Waals surface area contributed by atoms with Crippen molar-refractivity contribution < 1.29 is 13.9 Å². The van der Waals surface area contributed by atoms with Crippen LogP contribution < -0.4 is 5.32 Å². The number of rotatable bonds is 6. The molecule has 1 aliphatic heterocycles. The molecule has 3 aromatic rings. The van der Waals surface area contributed by atoms with Gasteiger partial charge < -0.3 is 14.6 Å². The molecule has 0 aliphatic carbocycles. The van der Waals surface area contributed by atoms with Gasteiger partial charge in [-0.15, -0.1) is 0 Å². The van der Waals surface area contributed by atoms with Crippen LogP contribution in [0.15, 0.2) is 60.9 Å². The third kappa shape index (κ3) is 4.75. The lowest BCUT2D eigenvalue weighted by Gasteiger charge is -2.26. The maximum Gasteiger partial charge on any atom is 0.252 e. The predicted octanol–water partition coefficient (Wildman–Crippen LogP) is 2.91. The molecule has 0 bridgehead atoms. The van der Waals surface area contributed by atoms with Crippen LogP contribution in [0.4, 0.5) is 4.39 Å². The van der Waals surface area contributed by atoms with Gasteiger partial charge in [0.05, 0.1) is 13.2 Å². The smallest absolute Gasteiger partial charge is 0.252 e. The quantitative estimate of drug-likeness (QED) is 0.681. The summed E-state index contributed by atoms with van der Waals surface area (Å²) in [6.07, 6.45) is 3.50. The maximum atomic E-state index is 13.4. The Hall–Kier alpha value is -3.03. The van der Waals surface area contributed by atoms with Gasteiger partial charge >= 0.3 is 0 Å². The van der Waals surface area contributed by atoms with Crippen LogP contribution in [0.2, 0.25) is 0 Å². The Morgan fingerprint density at radius 3 is 2.67 bits per heavy atom. The molecule has 7 heteroatoms. The van der Waals surface area contributed by atoms with Gasteiger partial charge in [-0.25, -0.2) is 9.37 Å². The van der Waals surface area contributed by atoms with Crippen LogP contribution in [0.1, 0.15) is 33.4 Å². The molecule has 30 heavy (non-hydrogen) atoms. The first-order valence-electron chi connectivity index (χ1n) is 10.0. The average Bonchev–Trinajstić information content (AvgIpc) is 3.19. The summed E-state index contributed by atoms with van der Waals surface area (Å²) in [6, 6.07) is 13.3. The molecule has 4 rings (SSSR count). The molecule has 1 aromatic heterocycles. The fraction of sp³-hybridized carbons (Fsp3) is 0.304. The largest absolute Gasteiger partial charge is 0.379 e. The van der Waals surface area contributed by atoms with E-state index >= 15 is 0 Å². The number of nitrogens with one attached hydrogen (secondary N) is 1. The van der Waals surface area contributed by atoms with Crippen molar-refractivity contribution in [1.82, 2.24) is 19.8 Å². The SMILES string of the molecule is Cn1ccnc1C(NC(=O)c1cccc(CN2CCOCC2)c1)c1ccc(F)cc1. The number of carbonyl (C=O) groups excluding carboxylic acids is 1. The number of imidazole rings is 1. The lowest BCUT2D eigenvalue weighted by Crippen LogP contribution is -2.35. The highest BCUT2D eigenvalue weighted by atomic mass is 19.1. The summed E-state index contributed by atoms with van der Waals surface area (Å²) in [5.41, 5.74) is 2.44. The van der Waals surface area contributed by atoms with Crippen LogP contribution in [-0.2, 0) is 18.3 Å². The number of carbonyl (C=O) groups is 1. The van der Waals surface area contributed by atoms with Crippen molar-refractivity contribution >= 4 is 5.91 Å². The molecule has 2 aromatic carbocycles. The van der Waals surface area contributed by atoms with Gasteiger partial charge in [-0.2, -0.15) is 0 Å². The molecule has 1 amide bonds. The first kappa shape index (κ1) is 20.3. The minimum atomic E-state index is -0.485. The monoisotopic (exact) mass is 408 g/mol. The van der Waals surface area contributed by atoms with Gasteiger partial charge in [0.15, 0.2) is 0 Å². The zero-order valence-electron chi connectivity index (χ0n) is 16.9. The van der Waals surface area contributed by atoms with Crippen molar-refractivity contribution in [2.24, 2.45) is 7.05 Å². The minimum Gasteiger partial charge on any atom is -0.379 e. The summed E-state index contributed by atoms with van der Waals surface area (Å²) in [5, 5.41) is 3.06. The molecule has 1 aliphatic rings. The van der Waals surface area contributed by atoms with Crippen molar-refractivity contribution in [2.45, 2.75) is 12.6 Å². The van der Waals surface area contributed by atoms with Crippen molar-refractivity contribution in [3.63, 3.8) is 0 Å². The molecule has 1 unspecified atom stereocenters. The van der Waals surface area contributed by atoms with Crippen LogP contribution in [-0.4, -0.2) is 46.7 Å². The molecule has 1 N–H and O–H groups in total. The number of hydrogen-bond acceptors (Lipinski definition) is 4. The maximum absolute atomic E-state index is 13.4. The summed E-state index contributed by atoms with van der Waals surface area (Å²) in [5.74, 6) is 0.162. The van der Waals surface area contributed by atoms with Crippen molar-refractivity contribution in [1.29, 1.82) is 0 Å². The number of aryl methyl sites for hydroxylation is 1. The molecule has 0 radical (unpaired) electrons. The highest BCUT2D eigenvalue weighted by Gasteiger charge is 2.22. The summed E-state index contributed by atoms with van der Waals surface area (Å²) in [7, 11) is 1.87. The van der Waals surface area contributed by atoms with Gasteiger partial charge in [0.1, 0.15) is 17.7 Å². The molecule has 1 fully saturated rings. The predicted molar refractivity (Wildman–Crippen MR) is 111 cm³/mol. The van der Waals surface area contributed by atoms with Crippen LogP contribution in [0.3, 0.4) is 0 Å². The fourth-order valence-corrected chi connectivity index (χ4v) is 3.65. The van der Waals surface area contributed by atoms with Gasteiger partial charge in [-0.3, -0.25) is 9.69 Å². The Morgan fingerprint density at radius 2 is 1.97 bits per heavy atom. The van der Waals surface area contributed by atoms with Crippen molar-refractivity contribution in [2.75, 3.05) is 26.3 Å². The van der Waals surface area contributed by atoms with E-state index in [0.29, 0.717) is 11.4 Å². The highest BCUT2D eigenvalue weighted by molar-refractivity contribution is 5.94. The number of ether oxygens (including phenoxy) is 1. The Balaban J connectivity index is 1.54. The van der Waals surface area contributed by atoms with E-state index < -0.39 is 6.04 Å². The molecule has 1 atom stereocenters. The summed E-state index contributed by atoms with van der Waals surface area (Å²) in [4.78, 5) is 19.8. The Morgan fingerprint density at radius 1 is 1.20 bits per heavy atom. The fourth-order valence-electron chi connectivity index (χ4n) is 3.65. The van der Waals surface area contributed by atoms with Gasteiger partial charge in [-0.05, 0) is 35.4 Å². The topological polar surface area (TPSA) is 59.4 Å². The molecule has 0 spiro atoms. The summed E-state index contributed by atoms with van der Waals surface area (Å²) in [6.45, 7) is 4.04. The Bertz CT molecular complexity index is 996. The van der Waals surface area contributed by atoms with Crippen molar-refractivity contribution in [3.8, 4) is 0 Å². The van der Waals surface area contributed by atoms with Gasteiger partial charge in [0, 0.05) is 44.6 Å². The summed E-state index contributed by atoms with van der Waals surface area (Å²) < 4.78 is 20.7. The number of aromatic nitrogens is 2. The molecule has 156 valence electrons. The molecular weight excluding hydrogens is 383 g/mol. The van der Waals surface area contributed by atoms with Crippen LogP contribution >= 0.6 is 0 Å².